The average Bonchev–Trinajstić information content (AvgIpc) is 2.75. The number of rotatable bonds is 2. The third-order valence-corrected chi connectivity index (χ3v) is 4.33. The molecule has 1 aliphatic heterocycles. The van der Waals surface area contributed by atoms with Crippen molar-refractivity contribution in [1.29, 1.82) is 5.26 Å². The molecular formula is C13H22N2O. The summed E-state index contributed by atoms with van der Waals surface area (Å²) in [6, 6.07) is 2.87. The second kappa shape index (κ2) is 5.16. The number of likely N-dealkylation sites (tertiary alicyclic amines) is 1. The monoisotopic (exact) mass is 222 g/mol. The summed E-state index contributed by atoms with van der Waals surface area (Å²) in [6.45, 7) is 3.99. The van der Waals surface area contributed by atoms with E-state index < -0.39 is 0 Å². The Balaban J connectivity index is 2.00. The van der Waals surface area contributed by atoms with Crippen LogP contribution in [0.25, 0.3) is 0 Å². The van der Waals surface area contributed by atoms with Crippen LogP contribution in [0.2, 0.25) is 0 Å². The number of hydrogen-bond donors (Lipinski definition) is 1. The smallest absolute Gasteiger partial charge is 0.0679 e. The van der Waals surface area contributed by atoms with Crippen molar-refractivity contribution in [3.63, 3.8) is 0 Å². The molecule has 2 fully saturated rings. The second-order valence-corrected chi connectivity index (χ2v) is 5.33. The number of β-amino-alcohol motifs (C(OH)–C–C–N with tert-alkyl or cyclic N) is 1. The first-order valence-electron chi connectivity index (χ1n) is 6.56. The number of nitriles is 1. The molecule has 1 N–H and O–H groups in total. The standard InChI is InChI=1S/C13H22N2O/c1-2-10-3-4-11(8-14)13(7-10)15-6-5-12(16)9-15/h10-13,16H,2-7,9H2,1H3. The minimum atomic E-state index is -0.165. The number of hydrogen-bond acceptors (Lipinski definition) is 3. The fourth-order valence-electron chi connectivity index (χ4n) is 3.23. The van der Waals surface area contributed by atoms with Gasteiger partial charge in [-0.1, -0.05) is 13.3 Å². The highest BCUT2D eigenvalue weighted by molar-refractivity contribution is 4.99. The van der Waals surface area contributed by atoms with E-state index in [9.17, 15) is 10.4 Å². The Morgan fingerprint density at radius 1 is 1.38 bits per heavy atom. The molecule has 2 aliphatic rings. The molecule has 1 aliphatic carbocycles. The lowest BCUT2D eigenvalue weighted by atomic mass is 9.77. The van der Waals surface area contributed by atoms with Crippen molar-refractivity contribution < 1.29 is 5.11 Å². The molecule has 1 saturated carbocycles. The van der Waals surface area contributed by atoms with Gasteiger partial charge in [0, 0.05) is 19.1 Å². The maximum atomic E-state index is 9.59. The Hall–Kier alpha value is -0.590. The summed E-state index contributed by atoms with van der Waals surface area (Å²) >= 11 is 0. The Kier molecular flexibility index (Phi) is 3.83. The second-order valence-electron chi connectivity index (χ2n) is 5.33. The Morgan fingerprint density at radius 2 is 2.19 bits per heavy atom. The summed E-state index contributed by atoms with van der Waals surface area (Å²) in [5, 5.41) is 18.8. The van der Waals surface area contributed by atoms with E-state index in [0.29, 0.717) is 6.04 Å². The van der Waals surface area contributed by atoms with Crippen LogP contribution in [0.4, 0.5) is 0 Å². The van der Waals surface area contributed by atoms with Gasteiger partial charge >= 0.3 is 0 Å². The maximum absolute atomic E-state index is 9.59. The third-order valence-electron chi connectivity index (χ3n) is 4.33. The van der Waals surface area contributed by atoms with E-state index in [4.69, 9.17) is 0 Å². The molecule has 0 bridgehead atoms. The lowest BCUT2D eigenvalue weighted by Crippen LogP contribution is -2.43. The highest BCUT2D eigenvalue weighted by Crippen LogP contribution is 2.35. The van der Waals surface area contributed by atoms with Gasteiger partial charge in [0.15, 0.2) is 0 Å². The lowest BCUT2D eigenvalue weighted by Gasteiger charge is -2.38. The van der Waals surface area contributed by atoms with Crippen LogP contribution in [0.5, 0.6) is 0 Å². The zero-order valence-electron chi connectivity index (χ0n) is 10.1. The van der Waals surface area contributed by atoms with Crippen LogP contribution in [0.15, 0.2) is 0 Å². The topological polar surface area (TPSA) is 47.3 Å². The van der Waals surface area contributed by atoms with Crippen LogP contribution in [0, 0.1) is 23.2 Å². The van der Waals surface area contributed by atoms with Gasteiger partial charge in [-0.05, 0) is 31.6 Å². The Labute approximate surface area is 98.1 Å². The molecule has 0 amide bonds. The molecular weight excluding hydrogens is 200 g/mol. The van der Waals surface area contributed by atoms with Crippen molar-refractivity contribution in [2.24, 2.45) is 11.8 Å². The van der Waals surface area contributed by atoms with Crippen LogP contribution < -0.4 is 0 Å². The first-order chi connectivity index (χ1) is 7.74. The molecule has 4 atom stereocenters. The number of aliphatic hydroxyl groups excluding tert-OH is 1. The minimum Gasteiger partial charge on any atom is -0.392 e. The van der Waals surface area contributed by atoms with Crippen molar-refractivity contribution >= 4 is 0 Å². The molecule has 16 heavy (non-hydrogen) atoms. The molecule has 0 spiro atoms. The molecule has 2 rings (SSSR count). The van der Waals surface area contributed by atoms with E-state index in [1.165, 1.54) is 12.8 Å². The van der Waals surface area contributed by atoms with E-state index in [2.05, 4.69) is 17.9 Å². The van der Waals surface area contributed by atoms with Gasteiger partial charge in [-0.2, -0.15) is 5.26 Å². The third kappa shape index (κ3) is 2.39. The van der Waals surface area contributed by atoms with Gasteiger partial charge in [0.05, 0.1) is 18.1 Å². The van der Waals surface area contributed by atoms with Crippen LogP contribution in [0.3, 0.4) is 0 Å². The highest BCUT2D eigenvalue weighted by Gasteiger charge is 2.36. The van der Waals surface area contributed by atoms with Gasteiger partial charge in [0.1, 0.15) is 0 Å². The molecule has 1 heterocycles. The molecule has 0 radical (unpaired) electrons. The first kappa shape index (κ1) is 11.9. The van der Waals surface area contributed by atoms with Crippen LogP contribution in [-0.4, -0.2) is 35.2 Å². The van der Waals surface area contributed by atoms with Crippen LogP contribution in [0.1, 0.15) is 39.0 Å². The zero-order chi connectivity index (χ0) is 11.5. The molecule has 4 unspecified atom stereocenters. The maximum Gasteiger partial charge on any atom is 0.0679 e. The van der Waals surface area contributed by atoms with E-state index in [0.717, 1.165) is 38.3 Å². The van der Waals surface area contributed by atoms with E-state index in [-0.39, 0.29) is 12.0 Å². The molecule has 1 saturated heterocycles. The van der Waals surface area contributed by atoms with E-state index in [1.807, 2.05) is 0 Å². The van der Waals surface area contributed by atoms with Gasteiger partial charge in [0.25, 0.3) is 0 Å². The summed E-state index contributed by atoms with van der Waals surface area (Å²) in [5.74, 6) is 0.973. The summed E-state index contributed by atoms with van der Waals surface area (Å²) in [4.78, 5) is 2.35. The Bertz CT molecular complexity index is 274. The molecule has 90 valence electrons. The van der Waals surface area contributed by atoms with Gasteiger partial charge in [-0.15, -0.1) is 0 Å². The van der Waals surface area contributed by atoms with Crippen molar-refractivity contribution in [2.45, 2.75) is 51.2 Å². The summed E-state index contributed by atoms with van der Waals surface area (Å²) in [7, 11) is 0. The van der Waals surface area contributed by atoms with Crippen molar-refractivity contribution in [1.82, 2.24) is 4.90 Å². The number of nitrogens with zero attached hydrogens (tertiary/aromatic N) is 2. The fraction of sp³-hybridized carbons (Fsp3) is 0.923. The molecule has 3 heteroatoms. The summed E-state index contributed by atoms with van der Waals surface area (Å²) < 4.78 is 0. The predicted molar refractivity (Wildman–Crippen MR) is 62.7 cm³/mol. The molecule has 3 nitrogen and oxygen atoms in total. The van der Waals surface area contributed by atoms with Crippen LogP contribution in [-0.2, 0) is 0 Å². The zero-order valence-corrected chi connectivity index (χ0v) is 10.1. The molecule has 0 aromatic carbocycles. The normalized spacial score (nSPS) is 40.8. The summed E-state index contributed by atoms with van der Waals surface area (Å²) in [6.07, 6.45) is 5.35. The SMILES string of the molecule is CCC1CCC(C#N)C(N2CCC(O)C2)C1. The fourth-order valence-corrected chi connectivity index (χ4v) is 3.23. The minimum absolute atomic E-state index is 0.165. The van der Waals surface area contributed by atoms with E-state index >= 15 is 0 Å². The highest BCUT2D eigenvalue weighted by atomic mass is 16.3. The van der Waals surface area contributed by atoms with Gasteiger partial charge in [0.2, 0.25) is 0 Å². The van der Waals surface area contributed by atoms with Gasteiger partial charge in [-0.3, -0.25) is 4.90 Å². The van der Waals surface area contributed by atoms with Crippen molar-refractivity contribution in [3.8, 4) is 6.07 Å². The first-order valence-corrected chi connectivity index (χ1v) is 6.56. The predicted octanol–water partition coefficient (Wildman–Crippen LogP) is 1.77. The largest absolute Gasteiger partial charge is 0.392 e. The molecule has 0 aromatic rings. The van der Waals surface area contributed by atoms with Crippen LogP contribution >= 0.6 is 0 Å². The quantitative estimate of drug-likeness (QED) is 0.774. The average molecular weight is 222 g/mol. The Morgan fingerprint density at radius 3 is 2.75 bits per heavy atom. The van der Waals surface area contributed by atoms with Crippen molar-refractivity contribution in [3.05, 3.63) is 0 Å². The van der Waals surface area contributed by atoms with Gasteiger partial charge < -0.3 is 5.11 Å². The molecule has 0 aromatic heterocycles. The van der Waals surface area contributed by atoms with Crippen molar-refractivity contribution in [2.75, 3.05) is 13.1 Å². The van der Waals surface area contributed by atoms with Gasteiger partial charge in [-0.25, -0.2) is 0 Å². The lowest BCUT2D eigenvalue weighted by molar-refractivity contribution is 0.102. The van der Waals surface area contributed by atoms with E-state index in [1.54, 1.807) is 0 Å². The number of aliphatic hydroxyl groups is 1. The summed E-state index contributed by atoms with van der Waals surface area (Å²) in [5.41, 5.74) is 0.